The second-order valence-corrected chi connectivity index (χ2v) is 15.3. The molecule has 0 radical (unpaired) electrons. The van der Waals surface area contributed by atoms with Gasteiger partial charge in [0.2, 0.25) is 0 Å². The third-order valence-electron chi connectivity index (χ3n) is 11.4. The molecule has 332 valence electrons. The Kier molecular flexibility index (Phi) is 11.7. The summed E-state index contributed by atoms with van der Waals surface area (Å²) in [5.41, 5.74) is 1.56. The molecular formula is C40H43N3O19. The third kappa shape index (κ3) is 7.23. The minimum Gasteiger partial charge on any atom is -0.507 e. The molecular weight excluding hydrogens is 826 g/mol. The maximum Gasteiger partial charge on any atom is 0.325 e. The fourth-order valence-electron chi connectivity index (χ4n) is 8.26. The van der Waals surface area contributed by atoms with Crippen molar-refractivity contribution >= 4 is 29.5 Å². The number of carboxylic acid groups (broad SMARTS) is 1. The maximum atomic E-state index is 14.1. The summed E-state index contributed by atoms with van der Waals surface area (Å²) in [6, 6.07) is 0.688. The van der Waals surface area contributed by atoms with Gasteiger partial charge >= 0.3 is 12.0 Å². The zero-order valence-corrected chi connectivity index (χ0v) is 33.1. The van der Waals surface area contributed by atoms with Gasteiger partial charge in [-0.2, -0.15) is 0 Å². The Morgan fingerprint density at radius 2 is 1.48 bits per heavy atom. The number of aliphatic hydroxyl groups is 5. The highest BCUT2D eigenvalue weighted by molar-refractivity contribution is 6.31. The number of methoxy groups -OCH3 is 1. The molecule has 3 aromatic carbocycles. The molecule has 2 fully saturated rings. The molecule has 0 bridgehead atoms. The van der Waals surface area contributed by atoms with Gasteiger partial charge in [0.25, 0.3) is 5.91 Å². The van der Waals surface area contributed by atoms with Crippen molar-refractivity contribution < 1.29 is 93.6 Å². The highest BCUT2D eigenvalue weighted by atomic mass is 16.7. The zero-order chi connectivity index (χ0) is 45.4. The molecule has 2 saturated heterocycles. The molecule has 13 N–H and O–H groups in total. The fourth-order valence-corrected chi connectivity index (χ4v) is 8.26. The lowest BCUT2D eigenvalue weighted by Gasteiger charge is -2.47. The van der Waals surface area contributed by atoms with Crippen LogP contribution in [0.15, 0.2) is 24.3 Å². The number of rotatable bonds is 9. The van der Waals surface area contributed by atoms with Crippen LogP contribution in [-0.2, 0) is 23.7 Å². The summed E-state index contributed by atoms with van der Waals surface area (Å²) in [4.78, 5) is 65.4. The Morgan fingerprint density at radius 3 is 2.13 bits per heavy atom. The number of benzene rings is 3. The highest BCUT2D eigenvalue weighted by Crippen LogP contribution is 2.57. The molecule has 12 atom stereocenters. The lowest BCUT2D eigenvalue weighted by Crippen LogP contribution is -2.66. The first kappa shape index (κ1) is 44.1. The van der Waals surface area contributed by atoms with Crippen LogP contribution in [0.2, 0.25) is 0 Å². The van der Waals surface area contributed by atoms with Crippen LogP contribution in [0.4, 0.5) is 4.79 Å². The molecule has 4 aliphatic rings. The minimum atomic E-state index is -1.98. The van der Waals surface area contributed by atoms with E-state index in [0.717, 1.165) is 19.1 Å². The number of urea groups is 1. The quantitative estimate of drug-likeness (QED) is 0.0943. The second-order valence-electron chi connectivity index (χ2n) is 15.3. The summed E-state index contributed by atoms with van der Waals surface area (Å²) in [6.45, 7) is 3.42. The van der Waals surface area contributed by atoms with E-state index < -0.39 is 160 Å². The van der Waals surface area contributed by atoms with Crippen LogP contribution in [0.25, 0.3) is 11.1 Å². The third-order valence-corrected chi connectivity index (χ3v) is 11.4. The smallest absolute Gasteiger partial charge is 0.325 e. The minimum absolute atomic E-state index is 0.00642. The Bertz CT molecular complexity index is 2390. The predicted molar refractivity (Wildman–Crippen MR) is 204 cm³/mol. The summed E-state index contributed by atoms with van der Waals surface area (Å²) < 4.78 is 28.6. The van der Waals surface area contributed by atoms with Crippen LogP contribution in [-0.4, -0.2) is 150 Å². The van der Waals surface area contributed by atoms with Crippen LogP contribution < -0.4 is 21.1 Å². The van der Waals surface area contributed by atoms with Gasteiger partial charge in [0.05, 0.1) is 42.6 Å². The number of amides is 3. The predicted octanol–water partition coefficient (Wildman–Crippen LogP) is -1.16. The van der Waals surface area contributed by atoms with Gasteiger partial charge in [-0.25, -0.2) is 4.79 Å². The van der Waals surface area contributed by atoms with Gasteiger partial charge in [-0.05, 0) is 49.6 Å². The average Bonchev–Trinajstić information content (AvgIpc) is 3.20. The molecule has 22 heteroatoms. The molecule has 2 aliphatic carbocycles. The van der Waals surface area contributed by atoms with E-state index in [2.05, 4.69) is 10.6 Å². The van der Waals surface area contributed by atoms with E-state index in [4.69, 9.17) is 29.4 Å². The van der Waals surface area contributed by atoms with Crippen molar-refractivity contribution in [3.8, 4) is 34.1 Å². The number of aliphatic carboxylic acids is 1. The van der Waals surface area contributed by atoms with Gasteiger partial charge < -0.3 is 86.0 Å². The van der Waals surface area contributed by atoms with Gasteiger partial charge in [0, 0.05) is 28.3 Å². The van der Waals surface area contributed by atoms with Crippen molar-refractivity contribution in [3.05, 3.63) is 68.8 Å². The number of hydrogen-bond acceptors (Lipinski definition) is 18. The lowest BCUT2D eigenvalue weighted by molar-refractivity contribution is -0.338. The zero-order valence-electron chi connectivity index (χ0n) is 33.1. The molecule has 22 nitrogen and oxygen atoms in total. The van der Waals surface area contributed by atoms with Gasteiger partial charge in [0.1, 0.15) is 71.8 Å². The summed E-state index contributed by atoms with van der Waals surface area (Å²) in [7, 11) is 1.25. The van der Waals surface area contributed by atoms with E-state index in [1.807, 2.05) is 0 Å². The highest BCUT2D eigenvalue weighted by Gasteiger charge is 2.52. The van der Waals surface area contributed by atoms with Crippen molar-refractivity contribution in [3.63, 3.8) is 0 Å². The number of ketones is 2. The number of aliphatic hydroxyl groups excluding tert-OH is 5. The first-order valence-electron chi connectivity index (χ1n) is 19.0. The molecule has 3 aromatic rings. The molecule has 2 aliphatic heterocycles. The number of carbonyl (C=O) groups is 5. The van der Waals surface area contributed by atoms with Crippen molar-refractivity contribution in [2.45, 2.75) is 94.3 Å². The van der Waals surface area contributed by atoms with Crippen molar-refractivity contribution in [1.82, 2.24) is 10.6 Å². The van der Waals surface area contributed by atoms with Crippen LogP contribution in [0, 0.1) is 6.92 Å². The topological polar surface area (TPSA) is 364 Å². The van der Waals surface area contributed by atoms with Gasteiger partial charge in [0.15, 0.2) is 24.1 Å². The molecule has 7 rings (SSSR count). The lowest BCUT2D eigenvalue weighted by atomic mass is 9.74. The van der Waals surface area contributed by atoms with Crippen LogP contribution in [0.1, 0.15) is 84.9 Å². The number of primary amides is 1. The van der Waals surface area contributed by atoms with Crippen molar-refractivity contribution in [2.24, 2.45) is 5.73 Å². The van der Waals surface area contributed by atoms with Gasteiger partial charge in [-0.15, -0.1) is 0 Å². The number of nitrogens with two attached hydrogens (primary N) is 1. The summed E-state index contributed by atoms with van der Waals surface area (Å²) in [6.07, 6.45) is -17.2. The number of aryl methyl sites for hydroxylation is 1. The fraction of sp³-hybridized carbons (Fsp3) is 0.425. The Hall–Kier alpha value is -5.95. The molecule has 0 aromatic heterocycles. The van der Waals surface area contributed by atoms with E-state index >= 15 is 0 Å². The number of carbonyl (C=O) groups excluding carboxylic acids is 4. The average molecular weight is 870 g/mol. The number of phenols is 3. The van der Waals surface area contributed by atoms with Crippen molar-refractivity contribution in [1.29, 1.82) is 0 Å². The Morgan fingerprint density at radius 1 is 0.839 bits per heavy atom. The number of fused-ring (bicyclic) bond motifs is 5. The van der Waals surface area contributed by atoms with E-state index in [1.54, 1.807) is 0 Å². The largest absolute Gasteiger partial charge is 0.507 e. The summed E-state index contributed by atoms with van der Waals surface area (Å²) in [5.74, 6) is -6.91. The van der Waals surface area contributed by atoms with Crippen LogP contribution in [0.3, 0.4) is 0 Å². The monoisotopic (exact) mass is 869 g/mol. The van der Waals surface area contributed by atoms with E-state index in [-0.39, 0.29) is 28.0 Å². The molecule has 2 heterocycles. The maximum absolute atomic E-state index is 14.1. The van der Waals surface area contributed by atoms with Crippen molar-refractivity contribution in [2.75, 3.05) is 13.7 Å². The molecule has 3 amide bonds. The number of ether oxygens (including phenoxy) is 5. The standard InChI is InChI=1S/C40H43N3O19/c1-10-5-17-23(30(50)20(10)36(54)42-11(2)37(55)56)22-15(8-16-24(31(22)51)27(47)14-6-13(58-4)7-18(44)21(14)26(16)46)28(48)34(17)61-39-33(53)35(25(12(3)60-39)43-40(41)57)62-38-32(52)29(49)19(45)9-59-38/h5-8,11-12,19,25,28-29,32-35,38-39,44-45,48-53H,9H2,1-4H3,(H,42,54)(H,55,56)(H3,41,43,57)/t11-,12-,19-,25+,28+,29+,32-,33-,34+,35+,38+,39+/m1/s1. The normalized spacial score (nSPS) is 29.3. The van der Waals surface area contributed by atoms with Gasteiger partial charge in [-0.1, -0.05) is 6.07 Å². The van der Waals surface area contributed by atoms with E-state index in [9.17, 15) is 69.9 Å². The second kappa shape index (κ2) is 16.4. The Labute approximate surface area is 350 Å². The molecule has 62 heavy (non-hydrogen) atoms. The summed E-state index contributed by atoms with van der Waals surface area (Å²) in [5, 5.41) is 104. The Balaban J connectivity index is 1.37. The van der Waals surface area contributed by atoms with Gasteiger partial charge in [-0.3, -0.25) is 19.2 Å². The number of hydrogen-bond donors (Lipinski definition) is 12. The first-order chi connectivity index (χ1) is 29.2. The van der Waals surface area contributed by atoms with E-state index in [0.29, 0.717) is 0 Å². The molecule has 0 spiro atoms. The first-order valence-corrected chi connectivity index (χ1v) is 19.0. The number of phenolic OH excluding ortho intramolecular Hbond substituents is 3. The van der Waals surface area contributed by atoms with Crippen LogP contribution >= 0.6 is 0 Å². The van der Waals surface area contributed by atoms with Crippen LogP contribution in [0.5, 0.6) is 23.0 Å². The number of nitrogens with one attached hydrogen (secondary N) is 2. The van der Waals surface area contributed by atoms with E-state index in [1.165, 1.54) is 33.1 Å². The summed E-state index contributed by atoms with van der Waals surface area (Å²) >= 11 is 0. The molecule has 0 saturated carbocycles. The molecule has 0 unspecified atom stereocenters. The number of carboxylic acids is 1. The SMILES string of the molecule is COc1cc(O)c2c(c1)C(=O)c1c(cc3c(c1O)-c1c(cc(C)c(C(=O)N[C@H](C)C(=O)O)c1O)[C@H](O[C@@H]1O[C@H](C)[C@H](NC(N)=O)[C@H](O[C@@H]4OC[C@@H](O)[C@H](O)[C@H]4O)[C@H]1O)[C@H]3O)C2=O. The number of aromatic hydroxyl groups is 3.